The molecule has 84 valence electrons. The van der Waals surface area contributed by atoms with E-state index in [2.05, 4.69) is 6.58 Å². The van der Waals surface area contributed by atoms with E-state index in [0.717, 1.165) is 18.9 Å². The highest BCUT2D eigenvalue weighted by Gasteiger charge is 1.98. The van der Waals surface area contributed by atoms with Crippen LogP contribution in [-0.2, 0) is 9.53 Å². The van der Waals surface area contributed by atoms with Crippen molar-refractivity contribution in [2.75, 3.05) is 13.2 Å². The Morgan fingerprint density at radius 1 is 1.64 bits per heavy atom. The summed E-state index contributed by atoms with van der Waals surface area (Å²) in [7, 11) is 0. The maximum atomic E-state index is 9.25. The normalized spacial score (nSPS) is 11.1. The topological polar surface area (TPSA) is 87.0 Å². The summed E-state index contributed by atoms with van der Waals surface area (Å²) in [6.07, 6.45) is 1.81. The molecule has 5 heteroatoms. The number of carboxylic acid groups (broad SMARTS) is 1. The molecule has 14 heavy (non-hydrogen) atoms. The summed E-state index contributed by atoms with van der Waals surface area (Å²) < 4.78 is 4.74. The van der Waals surface area contributed by atoms with Crippen LogP contribution in [0.5, 0.6) is 0 Å². The molecule has 0 aromatic carbocycles. The average molecular weight is 206 g/mol. The van der Waals surface area contributed by atoms with Crippen LogP contribution < -0.4 is 0 Å². The lowest BCUT2D eigenvalue weighted by Crippen LogP contribution is -2.16. The van der Waals surface area contributed by atoms with E-state index in [-0.39, 0.29) is 6.61 Å². The van der Waals surface area contributed by atoms with Crippen molar-refractivity contribution < 1.29 is 24.9 Å². The SMILES string of the molecule is C=CC(=O)O.CCCCOC(O)CO. The smallest absolute Gasteiger partial charge is 0.327 e. The first-order valence-electron chi connectivity index (χ1n) is 4.34. The lowest BCUT2D eigenvalue weighted by Gasteiger charge is -2.06. The number of aliphatic hydroxyl groups is 2. The monoisotopic (exact) mass is 206 g/mol. The van der Waals surface area contributed by atoms with Crippen molar-refractivity contribution in [2.24, 2.45) is 0 Å². The summed E-state index contributed by atoms with van der Waals surface area (Å²) in [5.74, 6) is -0.981. The Hall–Kier alpha value is -0.910. The first-order valence-corrected chi connectivity index (χ1v) is 4.34. The summed E-state index contributed by atoms with van der Waals surface area (Å²) in [6, 6.07) is 0. The van der Waals surface area contributed by atoms with Gasteiger partial charge in [0.1, 0.15) is 0 Å². The zero-order valence-electron chi connectivity index (χ0n) is 8.35. The van der Waals surface area contributed by atoms with E-state index in [9.17, 15) is 4.79 Å². The number of hydrogen-bond acceptors (Lipinski definition) is 4. The molecule has 0 aliphatic rings. The van der Waals surface area contributed by atoms with Crippen LogP contribution in [0.1, 0.15) is 19.8 Å². The average Bonchev–Trinajstić information content (AvgIpc) is 2.19. The first kappa shape index (κ1) is 15.6. The fraction of sp³-hybridized carbons (Fsp3) is 0.667. The third-order valence-corrected chi connectivity index (χ3v) is 1.14. The number of ether oxygens (including phenoxy) is 1. The van der Waals surface area contributed by atoms with Crippen molar-refractivity contribution in [1.82, 2.24) is 0 Å². The number of carbonyl (C=O) groups is 1. The van der Waals surface area contributed by atoms with Gasteiger partial charge in [-0.3, -0.25) is 0 Å². The van der Waals surface area contributed by atoms with Crippen molar-refractivity contribution >= 4 is 5.97 Å². The number of hydrogen-bond donors (Lipinski definition) is 3. The highest BCUT2D eigenvalue weighted by molar-refractivity contribution is 5.78. The van der Waals surface area contributed by atoms with Crippen LogP contribution >= 0.6 is 0 Å². The Kier molecular flexibility index (Phi) is 13.4. The van der Waals surface area contributed by atoms with Gasteiger partial charge in [0.2, 0.25) is 0 Å². The van der Waals surface area contributed by atoms with Crippen molar-refractivity contribution in [3.05, 3.63) is 12.7 Å². The summed E-state index contributed by atoms with van der Waals surface area (Å²) in [6.45, 7) is 5.21. The van der Waals surface area contributed by atoms with Gasteiger partial charge in [-0.2, -0.15) is 0 Å². The summed E-state index contributed by atoms with van der Waals surface area (Å²) in [5.41, 5.74) is 0. The second-order valence-corrected chi connectivity index (χ2v) is 2.40. The third kappa shape index (κ3) is 17.3. The lowest BCUT2D eigenvalue weighted by molar-refractivity contribution is -0.131. The van der Waals surface area contributed by atoms with E-state index in [0.29, 0.717) is 6.61 Å². The molecular weight excluding hydrogens is 188 g/mol. The summed E-state index contributed by atoms with van der Waals surface area (Å²) >= 11 is 0. The highest BCUT2D eigenvalue weighted by Crippen LogP contribution is 1.90. The third-order valence-electron chi connectivity index (χ3n) is 1.14. The largest absolute Gasteiger partial charge is 0.478 e. The lowest BCUT2D eigenvalue weighted by atomic mass is 10.4. The minimum absolute atomic E-state index is 0.316. The first-order chi connectivity index (χ1) is 6.58. The van der Waals surface area contributed by atoms with Crippen LogP contribution in [0.15, 0.2) is 12.7 Å². The van der Waals surface area contributed by atoms with Crippen LogP contribution in [0.4, 0.5) is 0 Å². The van der Waals surface area contributed by atoms with Crippen LogP contribution in [-0.4, -0.2) is 40.8 Å². The molecule has 0 aliphatic carbocycles. The summed E-state index contributed by atoms with van der Waals surface area (Å²) in [5, 5.41) is 24.5. The second kappa shape index (κ2) is 12.1. The van der Waals surface area contributed by atoms with Crippen LogP contribution in [0, 0.1) is 0 Å². The Bertz CT molecular complexity index is 146. The van der Waals surface area contributed by atoms with E-state index in [1.165, 1.54) is 0 Å². The molecule has 0 heterocycles. The van der Waals surface area contributed by atoms with Gasteiger partial charge in [-0.05, 0) is 6.42 Å². The van der Waals surface area contributed by atoms with Crippen LogP contribution in [0.3, 0.4) is 0 Å². The summed E-state index contributed by atoms with van der Waals surface area (Å²) in [4.78, 5) is 9.25. The fourth-order valence-corrected chi connectivity index (χ4v) is 0.416. The van der Waals surface area contributed by atoms with Gasteiger partial charge in [-0.15, -0.1) is 0 Å². The van der Waals surface area contributed by atoms with Gasteiger partial charge in [0.15, 0.2) is 6.29 Å². The van der Waals surface area contributed by atoms with Gasteiger partial charge < -0.3 is 20.1 Å². The quantitative estimate of drug-likeness (QED) is 0.332. The Labute approximate surface area is 83.6 Å². The maximum Gasteiger partial charge on any atom is 0.327 e. The molecule has 0 aromatic heterocycles. The van der Waals surface area contributed by atoms with E-state index >= 15 is 0 Å². The standard InChI is InChI=1S/C6H14O3.C3H4O2/c1-2-3-4-9-6(8)5-7;1-2-3(4)5/h6-8H,2-5H2,1H3;2H,1H2,(H,4,5). The van der Waals surface area contributed by atoms with E-state index in [1.54, 1.807) is 0 Å². The van der Waals surface area contributed by atoms with Crippen molar-refractivity contribution in [2.45, 2.75) is 26.1 Å². The maximum absolute atomic E-state index is 9.25. The number of carboxylic acids is 1. The molecule has 0 radical (unpaired) electrons. The van der Waals surface area contributed by atoms with Crippen molar-refractivity contribution in [3.8, 4) is 0 Å². The number of aliphatic carboxylic acids is 1. The molecule has 3 N–H and O–H groups in total. The molecular formula is C9H18O5. The molecule has 0 rings (SSSR count). The van der Waals surface area contributed by atoms with Gasteiger partial charge in [-0.1, -0.05) is 19.9 Å². The van der Waals surface area contributed by atoms with Crippen LogP contribution in [0.2, 0.25) is 0 Å². The minimum Gasteiger partial charge on any atom is -0.478 e. The zero-order valence-corrected chi connectivity index (χ0v) is 8.35. The van der Waals surface area contributed by atoms with E-state index in [4.69, 9.17) is 20.1 Å². The van der Waals surface area contributed by atoms with Gasteiger partial charge in [-0.25, -0.2) is 4.79 Å². The Balaban J connectivity index is 0. The zero-order chi connectivity index (χ0) is 11.4. The number of rotatable bonds is 6. The highest BCUT2D eigenvalue weighted by atomic mass is 16.6. The van der Waals surface area contributed by atoms with E-state index in [1.807, 2.05) is 6.92 Å². The Morgan fingerprint density at radius 3 is 2.43 bits per heavy atom. The molecule has 0 bridgehead atoms. The molecule has 1 atom stereocenters. The van der Waals surface area contributed by atoms with Crippen molar-refractivity contribution in [1.29, 1.82) is 0 Å². The molecule has 0 aliphatic heterocycles. The molecule has 0 spiro atoms. The fourth-order valence-electron chi connectivity index (χ4n) is 0.416. The predicted octanol–water partition coefficient (Wildman–Crippen LogP) is 0.371. The van der Waals surface area contributed by atoms with Gasteiger partial charge in [0.05, 0.1) is 6.61 Å². The van der Waals surface area contributed by atoms with Crippen LogP contribution in [0.25, 0.3) is 0 Å². The van der Waals surface area contributed by atoms with E-state index < -0.39 is 12.3 Å². The molecule has 5 nitrogen and oxygen atoms in total. The molecule has 0 aromatic rings. The molecule has 1 unspecified atom stereocenters. The molecule has 0 amide bonds. The molecule has 0 saturated heterocycles. The van der Waals surface area contributed by atoms with Gasteiger partial charge in [0, 0.05) is 12.7 Å². The molecule has 0 fully saturated rings. The molecule has 0 saturated carbocycles. The Morgan fingerprint density at radius 2 is 2.14 bits per heavy atom. The predicted molar refractivity (Wildman–Crippen MR) is 51.8 cm³/mol. The van der Waals surface area contributed by atoms with Crippen molar-refractivity contribution in [3.63, 3.8) is 0 Å². The number of aliphatic hydroxyl groups excluding tert-OH is 2. The van der Waals surface area contributed by atoms with Gasteiger partial charge >= 0.3 is 5.97 Å². The van der Waals surface area contributed by atoms with Gasteiger partial charge in [0.25, 0.3) is 0 Å². The number of unbranched alkanes of at least 4 members (excludes halogenated alkanes) is 1. The second-order valence-electron chi connectivity index (χ2n) is 2.40. The minimum atomic E-state index is -0.989.